The first-order chi connectivity index (χ1) is 22.2. The Bertz CT molecular complexity index is 1290. The van der Waals surface area contributed by atoms with Crippen molar-refractivity contribution in [1.82, 2.24) is 29.7 Å². The third kappa shape index (κ3) is 12.7. The minimum Gasteiger partial charge on any atom is -0.473 e. The van der Waals surface area contributed by atoms with Crippen LogP contribution in [0.2, 0.25) is 0 Å². The number of aryl methyl sites for hydroxylation is 6. The molecule has 5 aromatic rings. The summed E-state index contributed by atoms with van der Waals surface area (Å²) in [5, 5.41) is 0. The van der Waals surface area contributed by atoms with Gasteiger partial charge in [0.25, 0.3) is 0 Å². The molecular formula is C38H50N6O2. The Morgan fingerprint density at radius 3 is 0.891 bits per heavy atom. The van der Waals surface area contributed by atoms with Crippen molar-refractivity contribution < 1.29 is 8.83 Å². The van der Waals surface area contributed by atoms with Gasteiger partial charge in [0.05, 0.1) is 42.1 Å². The van der Waals surface area contributed by atoms with E-state index in [4.69, 9.17) is 15.0 Å². The van der Waals surface area contributed by atoms with Gasteiger partial charge in [0.2, 0.25) is 0 Å². The van der Waals surface area contributed by atoms with E-state index < -0.39 is 0 Å². The molecule has 46 heavy (non-hydrogen) atoms. The van der Waals surface area contributed by atoms with Crippen molar-refractivity contribution in [1.29, 1.82) is 0 Å². The molecule has 0 atom stereocenters. The zero-order chi connectivity index (χ0) is 32.7. The predicted octanol–water partition coefficient (Wildman–Crippen LogP) is 7.10. The molecular weight excluding hydrogens is 572 g/mol. The van der Waals surface area contributed by atoms with E-state index in [1.54, 1.807) is 25.1 Å². The van der Waals surface area contributed by atoms with Gasteiger partial charge in [-0.25, -0.2) is 0 Å². The van der Waals surface area contributed by atoms with E-state index in [9.17, 15) is 0 Å². The average molecular weight is 623 g/mol. The molecule has 0 amide bonds. The van der Waals surface area contributed by atoms with Crippen LogP contribution in [0.5, 0.6) is 0 Å². The van der Waals surface area contributed by atoms with E-state index >= 15 is 0 Å². The van der Waals surface area contributed by atoms with E-state index in [1.165, 1.54) is 16.7 Å². The maximum Gasteiger partial charge on any atom is 0.0902 e. The van der Waals surface area contributed by atoms with Gasteiger partial charge in [-0.2, -0.15) is 0 Å². The monoisotopic (exact) mass is 622 g/mol. The van der Waals surface area contributed by atoms with Gasteiger partial charge in [0.15, 0.2) is 0 Å². The standard InChI is InChI=1S/C30H42N6.2C4H4O/c1-22-13-25(4)31-28(16-22)19-34-7-9-35(20-29-17-23(2)14-26(5)32-29)11-12-36(10-8-34)21-30-18-24(3)15-27(6)33-30;2*1-2-4-5-3-1/h13-18H,7-12,19-21H2,1-6H3;2*1-4H. The molecule has 0 N–H and O–H groups in total. The topological polar surface area (TPSA) is 74.7 Å². The Morgan fingerprint density at radius 2 is 0.696 bits per heavy atom. The SMILES string of the molecule is Cc1cc(C)nc(CN2CCN(Cc3cc(C)cc(C)n3)CCN(Cc3cc(C)cc(C)n3)CC2)c1.c1ccoc1.c1ccoc1. The first kappa shape index (κ1) is 34.8. The summed E-state index contributed by atoms with van der Waals surface area (Å²) in [4.78, 5) is 22.2. The van der Waals surface area contributed by atoms with Crippen molar-refractivity contribution in [2.45, 2.75) is 61.2 Å². The van der Waals surface area contributed by atoms with Gasteiger partial charge in [-0.05, 0) is 119 Å². The lowest BCUT2D eigenvalue weighted by Gasteiger charge is -2.25. The molecule has 6 heterocycles. The number of hydrogen-bond acceptors (Lipinski definition) is 8. The molecule has 0 unspecified atom stereocenters. The number of nitrogens with zero attached hydrogens (tertiary/aromatic N) is 6. The average Bonchev–Trinajstić information content (AvgIpc) is 3.75. The Morgan fingerprint density at radius 1 is 0.435 bits per heavy atom. The molecule has 1 aliphatic rings. The first-order valence-corrected chi connectivity index (χ1v) is 16.2. The van der Waals surface area contributed by atoms with Crippen LogP contribution in [0.3, 0.4) is 0 Å². The summed E-state index contributed by atoms with van der Waals surface area (Å²) in [5.74, 6) is 0. The second kappa shape index (κ2) is 18.1. The molecule has 0 spiro atoms. The van der Waals surface area contributed by atoms with Crippen molar-refractivity contribution >= 4 is 0 Å². The van der Waals surface area contributed by atoms with Crippen LogP contribution in [-0.4, -0.2) is 68.9 Å². The van der Waals surface area contributed by atoms with E-state index in [1.807, 2.05) is 24.3 Å². The fourth-order valence-corrected chi connectivity index (χ4v) is 5.82. The van der Waals surface area contributed by atoms with E-state index in [0.717, 1.165) is 93.1 Å². The largest absolute Gasteiger partial charge is 0.473 e. The normalized spacial score (nSPS) is 14.7. The van der Waals surface area contributed by atoms with Crippen molar-refractivity contribution in [3.05, 3.63) is 137 Å². The molecule has 0 saturated carbocycles. The summed E-state index contributed by atoms with van der Waals surface area (Å²) in [6, 6.07) is 20.5. The van der Waals surface area contributed by atoms with Crippen LogP contribution in [0.1, 0.15) is 50.9 Å². The fourth-order valence-electron chi connectivity index (χ4n) is 5.82. The third-order valence-corrected chi connectivity index (χ3v) is 7.66. The smallest absolute Gasteiger partial charge is 0.0902 e. The van der Waals surface area contributed by atoms with Crippen LogP contribution < -0.4 is 0 Å². The highest BCUT2D eigenvalue weighted by Crippen LogP contribution is 2.14. The molecule has 6 rings (SSSR count). The number of hydrogen-bond donors (Lipinski definition) is 0. The Hall–Kier alpha value is -4.11. The quantitative estimate of drug-likeness (QED) is 0.199. The Kier molecular flexibility index (Phi) is 13.7. The lowest BCUT2D eigenvalue weighted by molar-refractivity contribution is 0.206. The molecule has 8 heteroatoms. The van der Waals surface area contributed by atoms with E-state index in [-0.39, 0.29) is 0 Å². The van der Waals surface area contributed by atoms with Crippen LogP contribution in [0.15, 0.2) is 94.6 Å². The lowest BCUT2D eigenvalue weighted by Crippen LogP contribution is -2.35. The molecule has 5 aromatic heterocycles. The maximum absolute atomic E-state index is 4.83. The van der Waals surface area contributed by atoms with Crippen molar-refractivity contribution in [3.8, 4) is 0 Å². The first-order valence-electron chi connectivity index (χ1n) is 16.2. The molecule has 8 nitrogen and oxygen atoms in total. The summed E-state index contributed by atoms with van der Waals surface area (Å²) in [6.45, 7) is 21.5. The van der Waals surface area contributed by atoms with Crippen LogP contribution in [-0.2, 0) is 19.6 Å². The summed E-state index contributed by atoms with van der Waals surface area (Å²) >= 11 is 0. The second-order valence-electron chi connectivity index (χ2n) is 12.2. The number of aromatic nitrogens is 3. The molecule has 1 aliphatic heterocycles. The third-order valence-electron chi connectivity index (χ3n) is 7.66. The van der Waals surface area contributed by atoms with Gasteiger partial charge in [0.1, 0.15) is 0 Å². The number of pyridine rings is 3. The zero-order valence-corrected chi connectivity index (χ0v) is 28.4. The summed E-state index contributed by atoms with van der Waals surface area (Å²) in [7, 11) is 0. The van der Waals surface area contributed by atoms with Crippen LogP contribution in [0, 0.1) is 41.5 Å². The molecule has 0 aromatic carbocycles. The lowest BCUT2D eigenvalue weighted by atomic mass is 10.2. The number of furan rings is 2. The van der Waals surface area contributed by atoms with Gasteiger partial charge in [0, 0.05) is 76.0 Å². The predicted molar refractivity (Wildman–Crippen MR) is 184 cm³/mol. The van der Waals surface area contributed by atoms with Gasteiger partial charge in [-0.15, -0.1) is 0 Å². The van der Waals surface area contributed by atoms with Crippen LogP contribution >= 0.6 is 0 Å². The van der Waals surface area contributed by atoms with Gasteiger partial charge >= 0.3 is 0 Å². The second-order valence-corrected chi connectivity index (χ2v) is 12.2. The molecule has 1 saturated heterocycles. The van der Waals surface area contributed by atoms with Crippen molar-refractivity contribution in [2.24, 2.45) is 0 Å². The van der Waals surface area contributed by atoms with Crippen molar-refractivity contribution in [2.75, 3.05) is 39.3 Å². The van der Waals surface area contributed by atoms with Gasteiger partial charge in [-0.3, -0.25) is 29.7 Å². The van der Waals surface area contributed by atoms with Crippen LogP contribution in [0.4, 0.5) is 0 Å². The van der Waals surface area contributed by atoms with Crippen LogP contribution in [0.25, 0.3) is 0 Å². The molecule has 244 valence electrons. The highest BCUT2D eigenvalue weighted by atomic mass is 16.3. The van der Waals surface area contributed by atoms with E-state index in [2.05, 4.69) is 101 Å². The molecule has 0 bridgehead atoms. The highest BCUT2D eigenvalue weighted by Gasteiger charge is 2.19. The van der Waals surface area contributed by atoms with Gasteiger partial charge in [-0.1, -0.05) is 0 Å². The summed E-state index contributed by atoms with van der Waals surface area (Å²) < 4.78 is 9.17. The molecule has 0 radical (unpaired) electrons. The highest BCUT2D eigenvalue weighted by molar-refractivity contribution is 5.21. The Labute approximate surface area is 275 Å². The zero-order valence-electron chi connectivity index (χ0n) is 28.4. The van der Waals surface area contributed by atoms with Gasteiger partial charge < -0.3 is 8.83 Å². The molecule has 0 aliphatic carbocycles. The van der Waals surface area contributed by atoms with E-state index in [0.29, 0.717) is 0 Å². The number of rotatable bonds is 6. The minimum absolute atomic E-state index is 0.883. The summed E-state index contributed by atoms with van der Waals surface area (Å²) in [6.07, 6.45) is 6.50. The van der Waals surface area contributed by atoms with Crippen molar-refractivity contribution in [3.63, 3.8) is 0 Å². The minimum atomic E-state index is 0.883. The Balaban J connectivity index is 0.000000406. The summed E-state index contributed by atoms with van der Waals surface area (Å²) in [5.41, 5.74) is 10.6. The fraction of sp³-hybridized carbons (Fsp3) is 0.395. The maximum atomic E-state index is 4.83. The molecule has 1 fully saturated rings.